The Hall–Kier alpha value is -1.49. The van der Waals surface area contributed by atoms with E-state index in [1.54, 1.807) is 6.07 Å². The van der Waals surface area contributed by atoms with Crippen LogP contribution in [0.1, 0.15) is 28.8 Å². The highest BCUT2D eigenvalue weighted by atomic mass is 79.9. The van der Waals surface area contributed by atoms with Gasteiger partial charge in [-0.25, -0.2) is 8.78 Å². The zero-order valence-corrected chi connectivity index (χ0v) is 11.1. The number of ketones is 1. The van der Waals surface area contributed by atoms with E-state index in [2.05, 4.69) is 15.9 Å². The summed E-state index contributed by atoms with van der Waals surface area (Å²) in [4.78, 5) is 12.0. The molecule has 0 amide bonds. The average Bonchev–Trinajstić information content (AvgIpc) is 2.83. The Bertz CT molecular complexity index is 605. The van der Waals surface area contributed by atoms with Crippen molar-refractivity contribution in [3.05, 3.63) is 57.5 Å². The van der Waals surface area contributed by atoms with Crippen LogP contribution < -0.4 is 0 Å². The molecule has 1 heterocycles. The highest BCUT2D eigenvalue weighted by molar-refractivity contribution is 9.10. The lowest BCUT2D eigenvalue weighted by molar-refractivity contribution is 0.0999. The van der Waals surface area contributed by atoms with Crippen molar-refractivity contribution in [2.45, 2.75) is 13.3 Å². The molecule has 2 rings (SSSR count). The van der Waals surface area contributed by atoms with E-state index in [0.717, 1.165) is 6.07 Å². The fourth-order valence-corrected chi connectivity index (χ4v) is 1.88. The Morgan fingerprint density at radius 2 is 2.00 bits per heavy atom. The molecule has 94 valence electrons. The van der Waals surface area contributed by atoms with Crippen molar-refractivity contribution in [1.82, 2.24) is 0 Å². The Kier molecular flexibility index (Phi) is 3.61. The third kappa shape index (κ3) is 2.22. The summed E-state index contributed by atoms with van der Waals surface area (Å²) in [7, 11) is 0. The lowest BCUT2D eigenvalue weighted by Crippen LogP contribution is -2.07. The van der Waals surface area contributed by atoms with E-state index in [1.807, 2.05) is 6.92 Å². The highest BCUT2D eigenvalue weighted by Gasteiger charge is 2.23. The van der Waals surface area contributed by atoms with Gasteiger partial charge in [0.1, 0.15) is 11.6 Å². The van der Waals surface area contributed by atoms with Crippen LogP contribution in [0.4, 0.5) is 8.78 Å². The topological polar surface area (TPSA) is 30.2 Å². The van der Waals surface area contributed by atoms with Crippen molar-refractivity contribution in [3.63, 3.8) is 0 Å². The first kappa shape index (κ1) is 13.0. The van der Waals surface area contributed by atoms with Crippen LogP contribution in [0.2, 0.25) is 0 Å². The third-order valence-corrected chi connectivity index (χ3v) is 3.12. The van der Waals surface area contributed by atoms with Crippen LogP contribution in [0.5, 0.6) is 0 Å². The van der Waals surface area contributed by atoms with E-state index in [-0.39, 0.29) is 10.2 Å². The van der Waals surface area contributed by atoms with Crippen molar-refractivity contribution in [2.24, 2.45) is 0 Å². The van der Waals surface area contributed by atoms with Crippen molar-refractivity contribution in [2.75, 3.05) is 0 Å². The maximum Gasteiger partial charge on any atom is 0.234 e. The molecule has 0 bridgehead atoms. The SMILES string of the molecule is CCc1ccc(C(=O)c2c(F)ccc(Br)c2F)o1. The Labute approximate surface area is 111 Å². The predicted molar refractivity (Wildman–Crippen MR) is 65.6 cm³/mol. The molecule has 0 aliphatic rings. The van der Waals surface area contributed by atoms with Gasteiger partial charge in [-0.3, -0.25) is 4.79 Å². The Morgan fingerprint density at radius 3 is 2.61 bits per heavy atom. The first-order valence-corrected chi connectivity index (χ1v) is 6.10. The molecular weight excluding hydrogens is 306 g/mol. The molecule has 0 atom stereocenters. The van der Waals surface area contributed by atoms with Crippen LogP contribution in [0, 0.1) is 11.6 Å². The Balaban J connectivity index is 2.49. The second kappa shape index (κ2) is 5.02. The van der Waals surface area contributed by atoms with E-state index >= 15 is 0 Å². The number of rotatable bonds is 3. The molecule has 18 heavy (non-hydrogen) atoms. The minimum atomic E-state index is -0.922. The highest BCUT2D eigenvalue weighted by Crippen LogP contribution is 2.24. The quantitative estimate of drug-likeness (QED) is 0.630. The summed E-state index contributed by atoms with van der Waals surface area (Å²) >= 11 is 2.92. The maximum atomic E-state index is 13.7. The lowest BCUT2D eigenvalue weighted by Gasteiger charge is -2.03. The number of carbonyl (C=O) groups is 1. The van der Waals surface area contributed by atoms with E-state index in [4.69, 9.17) is 4.42 Å². The monoisotopic (exact) mass is 314 g/mol. The number of hydrogen-bond donors (Lipinski definition) is 0. The molecule has 0 unspecified atom stereocenters. The summed E-state index contributed by atoms with van der Waals surface area (Å²) < 4.78 is 32.5. The smallest absolute Gasteiger partial charge is 0.234 e. The fraction of sp³-hybridized carbons (Fsp3) is 0.154. The standard InChI is InChI=1S/C13H9BrF2O2/c1-2-7-3-6-10(18-7)13(17)11-9(15)5-4-8(14)12(11)16/h3-6H,2H2,1H3. The lowest BCUT2D eigenvalue weighted by atomic mass is 10.1. The van der Waals surface area contributed by atoms with Gasteiger partial charge in [0.05, 0.1) is 10.0 Å². The predicted octanol–water partition coefficient (Wildman–Crippen LogP) is 4.11. The van der Waals surface area contributed by atoms with Crippen LogP contribution in [0.15, 0.2) is 33.2 Å². The maximum absolute atomic E-state index is 13.7. The normalized spacial score (nSPS) is 10.7. The van der Waals surface area contributed by atoms with Crippen LogP contribution in [0.3, 0.4) is 0 Å². The molecule has 1 aromatic carbocycles. The van der Waals surface area contributed by atoms with Crippen LogP contribution in [0.25, 0.3) is 0 Å². The second-order valence-corrected chi connectivity index (χ2v) is 4.52. The second-order valence-electron chi connectivity index (χ2n) is 3.67. The average molecular weight is 315 g/mol. The molecule has 0 aliphatic heterocycles. The first-order valence-electron chi connectivity index (χ1n) is 5.31. The van der Waals surface area contributed by atoms with Gasteiger partial charge in [-0.05, 0) is 40.2 Å². The number of furan rings is 1. The van der Waals surface area contributed by atoms with Gasteiger partial charge >= 0.3 is 0 Å². The summed E-state index contributed by atoms with van der Waals surface area (Å²) in [6.07, 6.45) is 0.608. The minimum Gasteiger partial charge on any atom is -0.458 e. The fourth-order valence-electron chi connectivity index (χ4n) is 1.55. The van der Waals surface area contributed by atoms with Gasteiger partial charge in [-0.2, -0.15) is 0 Å². The minimum absolute atomic E-state index is 0.0366. The van der Waals surface area contributed by atoms with Crippen molar-refractivity contribution < 1.29 is 18.0 Å². The number of benzene rings is 1. The molecule has 2 nitrogen and oxygen atoms in total. The molecule has 0 radical (unpaired) electrons. The largest absolute Gasteiger partial charge is 0.458 e. The number of halogens is 3. The molecule has 0 aliphatic carbocycles. The number of carbonyl (C=O) groups excluding carboxylic acids is 1. The molecule has 0 saturated carbocycles. The summed E-state index contributed by atoms with van der Waals surface area (Å²) in [5.41, 5.74) is -0.610. The molecule has 0 fully saturated rings. The molecule has 0 saturated heterocycles. The van der Waals surface area contributed by atoms with Gasteiger partial charge in [-0.1, -0.05) is 6.92 Å². The van der Waals surface area contributed by atoms with Crippen LogP contribution in [-0.2, 0) is 6.42 Å². The molecular formula is C13H9BrF2O2. The zero-order valence-electron chi connectivity index (χ0n) is 9.47. The summed E-state index contributed by atoms with van der Waals surface area (Å²) in [5, 5.41) is 0. The number of aryl methyl sites for hydroxylation is 1. The van der Waals surface area contributed by atoms with Crippen LogP contribution in [-0.4, -0.2) is 5.78 Å². The van der Waals surface area contributed by atoms with Crippen molar-refractivity contribution in [1.29, 1.82) is 0 Å². The zero-order chi connectivity index (χ0) is 13.3. The molecule has 1 aromatic heterocycles. The van der Waals surface area contributed by atoms with Crippen LogP contribution >= 0.6 is 15.9 Å². The van der Waals surface area contributed by atoms with Crippen molar-refractivity contribution in [3.8, 4) is 0 Å². The van der Waals surface area contributed by atoms with E-state index < -0.39 is 23.0 Å². The van der Waals surface area contributed by atoms with Gasteiger partial charge in [0.15, 0.2) is 11.6 Å². The summed E-state index contributed by atoms with van der Waals surface area (Å²) in [6.45, 7) is 1.85. The summed E-state index contributed by atoms with van der Waals surface area (Å²) in [5.74, 6) is -2.10. The molecule has 0 N–H and O–H groups in total. The molecule has 2 aromatic rings. The summed E-state index contributed by atoms with van der Waals surface area (Å²) in [6, 6.07) is 5.27. The molecule has 5 heteroatoms. The van der Waals surface area contributed by atoms with E-state index in [0.29, 0.717) is 12.2 Å². The van der Waals surface area contributed by atoms with Gasteiger partial charge in [0, 0.05) is 6.42 Å². The Morgan fingerprint density at radius 1 is 1.28 bits per heavy atom. The van der Waals surface area contributed by atoms with Crippen molar-refractivity contribution >= 4 is 21.7 Å². The third-order valence-electron chi connectivity index (χ3n) is 2.50. The van der Waals surface area contributed by atoms with E-state index in [9.17, 15) is 13.6 Å². The van der Waals surface area contributed by atoms with Gasteiger partial charge in [-0.15, -0.1) is 0 Å². The number of hydrogen-bond acceptors (Lipinski definition) is 2. The van der Waals surface area contributed by atoms with Gasteiger partial charge in [0.25, 0.3) is 0 Å². The van der Waals surface area contributed by atoms with E-state index in [1.165, 1.54) is 12.1 Å². The van der Waals surface area contributed by atoms with Gasteiger partial charge in [0.2, 0.25) is 5.78 Å². The molecule has 0 spiro atoms. The van der Waals surface area contributed by atoms with Gasteiger partial charge < -0.3 is 4.42 Å². The first-order chi connectivity index (χ1) is 8.54.